The molecule has 0 amide bonds. The third-order valence-electron chi connectivity index (χ3n) is 4.52. The molecular weight excluding hydrogens is 251 g/mol. The first-order valence-electron chi connectivity index (χ1n) is 7.11. The largest absolute Gasteiger partial charge is 0.380 e. The van der Waals surface area contributed by atoms with Crippen LogP contribution in [0.2, 0.25) is 0 Å². The summed E-state index contributed by atoms with van der Waals surface area (Å²) in [7, 11) is 0. The summed E-state index contributed by atoms with van der Waals surface area (Å²) in [4.78, 5) is 0. The number of benzene rings is 2. The quantitative estimate of drug-likeness (QED) is 0.820. The van der Waals surface area contributed by atoms with Crippen LogP contribution in [0.4, 0.5) is 4.39 Å². The molecule has 1 aliphatic carbocycles. The first-order chi connectivity index (χ1) is 9.52. The molecule has 1 aliphatic rings. The molecule has 0 spiro atoms. The van der Waals surface area contributed by atoms with E-state index < -0.39 is 5.60 Å². The molecule has 0 aliphatic heterocycles. The van der Waals surface area contributed by atoms with Gasteiger partial charge in [-0.1, -0.05) is 37.3 Å². The molecule has 0 saturated heterocycles. The van der Waals surface area contributed by atoms with Crippen LogP contribution >= 0.6 is 0 Å². The van der Waals surface area contributed by atoms with Gasteiger partial charge in [-0.25, -0.2) is 4.39 Å². The van der Waals surface area contributed by atoms with E-state index in [0.717, 1.165) is 17.5 Å². The molecule has 0 radical (unpaired) electrons. The second-order valence-electron chi connectivity index (χ2n) is 5.85. The highest BCUT2D eigenvalue weighted by Crippen LogP contribution is 2.45. The molecule has 2 unspecified atom stereocenters. The van der Waals surface area contributed by atoms with Crippen LogP contribution in [0, 0.1) is 12.7 Å². The van der Waals surface area contributed by atoms with Crippen LogP contribution in [0.1, 0.15) is 47.9 Å². The molecule has 3 rings (SSSR count). The third kappa shape index (κ3) is 1.95. The maximum Gasteiger partial charge on any atom is 0.123 e. The Kier molecular flexibility index (Phi) is 3.14. The van der Waals surface area contributed by atoms with Gasteiger partial charge in [-0.2, -0.15) is 0 Å². The van der Waals surface area contributed by atoms with Gasteiger partial charge in [0.1, 0.15) is 11.4 Å². The van der Waals surface area contributed by atoms with Gasteiger partial charge in [0.2, 0.25) is 0 Å². The van der Waals surface area contributed by atoms with Crippen molar-refractivity contribution >= 4 is 0 Å². The lowest BCUT2D eigenvalue weighted by molar-refractivity contribution is 0.0570. The van der Waals surface area contributed by atoms with Crippen molar-refractivity contribution in [3.8, 4) is 0 Å². The van der Waals surface area contributed by atoms with E-state index in [1.807, 2.05) is 25.1 Å². The van der Waals surface area contributed by atoms with Crippen LogP contribution in [0.15, 0.2) is 42.5 Å². The lowest BCUT2D eigenvalue weighted by atomic mass is 9.70. The van der Waals surface area contributed by atoms with E-state index in [0.29, 0.717) is 17.9 Å². The minimum atomic E-state index is -1.07. The number of rotatable bonds is 1. The Hall–Kier alpha value is -1.67. The molecule has 2 heteroatoms. The summed E-state index contributed by atoms with van der Waals surface area (Å²) >= 11 is 0. The van der Waals surface area contributed by atoms with Gasteiger partial charge in [0.05, 0.1) is 0 Å². The van der Waals surface area contributed by atoms with Gasteiger partial charge in [-0.3, -0.25) is 0 Å². The summed E-state index contributed by atoms with van der Waals surface area (Å²) in [5.74, 6) is 0.135. The van der Waals surface area contributed by atoms with E-state index >= 15 is 0 Å². The van der Waals surface area contributed by atoms with Crippen LogP contribution in [-0.2, 0) is 5.60 Å². The fraction of sp³-hybridized carbons (Fsp3) is 0.333. The average molecular weight is 270 g/mol. The van der Waals surface area contributed by atoms with Crippen molar-refractivity contribution in [2.24, 2.45) is 0 Å². The number of aryl methyl sites for hydroxylation is 1. The molecular formula is C18H19FO. The molecule has 2 aromatic carbocycles. The van der Waals surface area contributed by atoms with E-state index in [-0.39, 0.29) is 5.82 Å². The van der Waals surface area contributed by atoms with Crippen LogP contribution in [0.3, 0.4) is 0 Å². The van der Waals surface area contributed by atoms with Crippen molar-refractivity contribution in [2.75, 3.05) is 0 Å². The predicted octanol–water partition coefficient (Wildman–Crippen LogP) is 4.27. The van der Waals surface area contributed by atoms with E-state index in [9.17, 15) is 9.50 Å². The molecule has 0 heterocycles. The summed E-state index contributed by atoms with van der Waals surface area (Å²) in [6, 6.07) is 12.6. The molecule has 2 atom stereocenters. The summed E-state index contributed by atoms with van der Waals surface area (Å²) in [5, 5.41) is 11.3. The van der Waals surface area contributed by atoms with Crippen LogP contribution in [-0.4, -0.2) is 5.11 Å². The summed E-state index contributed by atoms with van der Waals surface area (Å²) < 4.78 is 13.6. The number of hydrogen-bond acceptors (Lipinski definition) is 1. The Morgan fingerprint density at radius 3 is 2.70 bits per heavy atom. The maximum absolute atomic E-state index is 13.6. The van der Waals surface area contributed by atoms with Gasteiger partial charge in [0.25, 0.3) is 0 Å². The maximum atomic E-state index is 13.6. The number of halogens is 1. The zero-order valence-corrected chi connectivity index (χ0v) is 11.9. The first kappa shape index (κ1) is 13.3. The highest BCUT2D eigenvalue weighted by atomic mass is 19.1. The zero-order valence-electron chi connectivity index (χ0n) is 11.9. The Bertz CT molecular complexity index is 650. The smallest absolute Gasteiger partial charge is 0.123 e. The molecule has 104 valence electrons. The SMILES string of the molecule is Cc1ccc(F)cc1C1(O)CCC(C)c2ccccc21. The van der Waals surface area contributed by atoms with Crippen molar-refractivity contribution in [3.63, 3.8) is 0 Å². The van der Waals surface area contributed by atoms with Crippen LogP contribution < -0.4 is 0 Å². The topological polar surface area (TPSA) is 20.2 Å². The van der Waals surface area contributed by atoms with Crippen molar-refractivity contribution in [1.29, 1.82) is 0 Å². The second kappa shape index (κ2) is 4.71. The Balaban J connectivity index is 2.22. The van der Waals surface area contributed by atoms with Gasteiger partial charge in [0.15, 0.2) is 0 Å². The molecule has 2 aromatic rings. The van der Waals surface area contributed by atoms with Gasteiger partial charge >= 0.3 is 0 Å². The van der Waals surface area contributed by atoms with Gasteiger partial charge in [0, 0.05) is 0 Å². The molecule has 0 saturated carbocycles. The van der Waals surface area contributed by atoms with Crippen LogP contribution in [0.5, 0.6) is 0 Å². The second-order valence-corrected chi connectivity index (χ2v) is 5.85. The summed E-state index contributed by atoms with van der Waals surface area (Å²) in [5.41, 5.74) is 2.64. The van der Waals surface area contributed by atoms with Crippen molar-refractivity contribution < 1.29 is 9.50 Å². The minimum absolute atomic E-state index is 0.296. The standard InChI is InChI=1S/C18H19FO/c1-12-9-10-18(20,16-6-4-3-5-15(12)16)17-11-14(19)8-7-13(17)2/h3-8,11-12,20H,9-10H2,1-2H3. The molecule has 1 nitrogen and oxygen atoms in total. The van der Waals surface area contributed by atoms with Crippen LogP contribution in [0.25, 0.3) is 0 Å². The Labute approximate surface area is 119 Å². The minimum Gasteiger partial charge on any atom is -0.380 e. The molecule has 0 bridgehead atoms. The van der Waals surface area contributed by atoms with E-state index in [4.69, 9.17) is 0 Å². The molecule has 1 N–H and O–H groups in total. The number of aliphatic hydroxyl groups is 1. The highest BCUT2D eigenvalue weighted by molar-refractivity contribution is 5.47. The zero-order chi connectivity index (χ0) is 14.3. The number of hydrogen-bond donors (Lipinski definition) is 1. The van der Waals surface area contributed by atoms with E-state index in [1.165, 1.54) is 17.7 Å². The average Bonchev–Trinajstić information content (AvgIpc) is 2.46. The number of fused-ring (bicyclic) bond motifs is 1. The first-order valence-corrected chi connectivity index (χ1v) is 7.11. The molecule has 0 aromatic heterocycles. The Morgan fingerprint density at radius 1 is 1.15 bits per heavy atom. The van der Waals surface area contributed by atoms with Crippen molar-refractivity contribution in [2.45, 2.75) is 38.2 Å². The van der Waals surface area contributed by atoms with Crippen molar-refractivity contribution in [3.05, 3.63) is 70.5 Å². The summed E-state index contributed by atoms with van der Waals surface area (Å²) in [6.07, 6.45) is 1.54. The van der Waals surface area contributed by atoms with Gasteiger partial charge in [-0.05, 0) is 60.1 Å². The highest BCUT2D eigenvalue weighted by Gasteiger charge is 2.39. The molecule has 20 heavy (non-hydrogen) atoms. The normalized spacial score (nSPS) is 25.3. The molecule has 0 fully saturated rings. The van der Waals surface area contributed by atoms with E-state index in [1.54, 1.807) is 6.07 Å². The lowest BCUT2D eigenvalue weighted by Gasteiger charge is -2.38. The monoisotopic (exact) mass is 270 g/mol. The lowest BCUT2D eigenvalue weighted by Crippen LogP contribution is -2.33. The van der Waals surface area contributed by atoms with E-state index in [2.05, 4.69) is 13.0 Å². The fourth-order valence-corrected chi connectivity index (χ4v) is 3.34. The predicted molar refractivity (Wildman–Crippen MR) is 78.2 cm³/mol. The Morgan fingerprint density at radius 2 is 1.90 bits per heavy atom. The van der Waals surface area contributed by atoms with Crippen molar-refractivity contribution in [1.82, 2.24) is 0 Å². The van der Waals surface area contributed by atoms with Gasteiger partial charge in [-0.15, -0.1) is 0 Å². The third-order valence-corrected chi connectivity index (χ3v) is 4.52. The van der Waals surface area contributed by atoms with Gasteiger partial charge < -0.3 is 5.11 Å². The fourth-order valence-electron chi connectivity index (χ4n) is 3.34. The summed E-state index contributed by atoms with van der Waals surface area (Å²) in [6.45, 7) is 4.10.